The van der Waals surface area contributed by atoms with Crippen LogP contribution in [0.3, 0.4) is 0 Å². The number of carbonyl (C=O) groups is 1. The molecule has 0 aliphatic carbocycles. The lowest BCUT2D eigenvalue weighted by atomic mass is 10.1. The molecule has 0 radical (unpaired) electrons. The second-order valence-corrected chi connectivity index (χ2v) is 6.05. The predicted molar refractivity (Wildman–Crippen MR) is 83.1 cm³/mol. The van der Waals surface area contributed by atoms with Crippen LogP contribution in [0, 0.1) is 6.92 Å². The van der Waals surface area contributed by atoms with Gasteiger partial charge in [0.1, 0.15) is 5.69 Å². The summed E-state index contributed by atoms with van der Waals surface area (Å²) in [5, 5.41) is 0.777. The topological polar surface area (TPSA) is 24.8 Å². The molecule has 1 aromatic carbocycles. The first kappa shape index (κ1) is 18.6. The van der Waals surface area contributed by atoms with Crippen LogP contribution in [-0.4, -0.2) is 42.9 Å². The summed E-state index contributed by atoms with van der Waals surface area (Å²) in [5.74, 6) is 0.783. The van der Waals surface area contributed by atoms with E-state index in [0.717, 1.165) is 37.6 Å². The molecule has 1 amide bonds. The maximum Gasteiger partial charge on any atom is 0.223 e. The average molecular weight is 352 g/mol. The van der Waals surface area contributed by atoms with Crippen LogP contribution in [0.25, 0.3) is 0 Å². The van der Waals surface area contributed by atoms with E-state index < -0.39 is 0 Å². The normalized spacial score (nSPS) is 15.7. The summed E-state index contributed by atoms with van der Waals surface area (Å²) >= 11 is 11.7. The Bertz CT molecular complexity index is 474. The van der Waals surface area contributed by atoms with Gasteiger partial charge in [-0.3, -0.25) is 9.69 Å². The van der Waals surface area contributed by atoms with Gasteiger partial charge in [0, 0.05) is 29.0 Å². The molecule has 21 heavy (non-hydrogen) atoms. The molecule has 1 N–H and O–H groups in total. The van der Waals surface area contributed by atoms with Crippen molar-refractivity contribution < 1.29 is 22.1 Å². The van der Waals surface area contributed by atoms with E-state index in [2.05, 4.69) is 13.0 Å². The monoisotopic (exact) mass is 350 g/mol. The van der Waals surface area contributed by atoms with Crippen molar-refractivity contribution in [3.05, 3.63) is 28.8 Å². The number of rotatable bonds is 4. The molecule has 1 aromatic rings. The van der Waals surface area contributed by atoms with Crippen LogP contribution in [0.15, 0.2) is 18.2 Å². The molecule has 1 aliphatic heterocycles. The van der Waals surface area contributed by atoms with Gasteiger partial charge in [0.2, 0.25) is 5.91 Å². The minimum absolute atomic E-state index is 0. The van der Waals surface area contributed by atoms with E-state index in [4.69, 9.17) is 23.2 Å². The highest BCUT2D eigenvalue weighted by molar-refractivity contribution is 6.30. The SMILES string of the molecule is Cc1ccc(Cl)cc1[NH+]1CCN(C(=O)CCCCl)CC1.[Cl-]. The van der Waals surface area contributed by atoms with Crippen molar-refractivity contribution in [2.24, 2.45) is 0 Å². The molecule has 1 fully saturated rings. The van der Waals surface area contributed by atoms with Crippen molar-refractivity contribution in [1.29, 1.82) is 0 Å². The van der Waals surface area contributed by atoms with Gasteiger partial charge < -0.3 is 17.3 Å². The molecule has 118 valence electrons. The van der Waals surface area contributed by atoms with Crippen molar-refractivity contribution >= 4 is 34.8 Å². The number of quaternary nitrogens is 1. The highest BCUT2D eigenvalue weighted by Gasteiger charge is 2.25. The molecule has 0 atom stereocenters. The van der Waals surface area contributed by atoms with Crippen LogP contribution < -0.4 is 17.3 Å². The molecule has 3 nitrogen and oxygen atoms in total. The Kier molecular flexibility index (Phi) is 7.82. The Morgan fingerprint density at radius 1 is 1.33 bits per heavy atom. The van der Waals surface area contributed by atoms with Gasteiger partial charge in [-0.05, 0) is 19.4 Å². The number of hydrogen-bond donors (Lipinski definition) is 1. The quantitative estimate of drug-likeness (QED) is 0.694. The summed E-state index contributed by atoms with van der Waals surface area (Å²) < 4.78 is 0. The van der Waals surface area contributed by atoms with Crippen LogP contribution >= 0.6 is 23.2 Å². The molecule has 0 aromatic heterocycles. The smallest absolute Gasteiger partial charge is 0.223 e. The van der Waals surface area contributed by atoms with Crippen molar-refractivity contribution in [3.63, 3.8) is 0 Å². The molecule has 0 spiro atoms. The zero-order valence-electron chi connectivity index (χ0n) is 12.2. The summed E-state index contributed by atoms with van der Waals surface area (Å²) in [5.41, 5.74) is 2.51. The first-order chi connectivity index (χ1) is 9.61. The van der Waals surface area contributed by atoms with Gasteiger partial charge in [-0.1, -0.05) is 17.7 Å². The van der Waals surface area contributed by atoms with Crippen LogP contribution in [0.5, 0.6) is 0 Å². The molecule has 0 saturated carbocycles. The molecule has 1 saturated heterocycles. The second kappa shape index (κ2) is 8.84. The van der Waals surface area contributed by atoms with Gasteiger partial charge in [-0.25, -0.2) is 0 Å². The van der Waals surface area contributed by atoms with Gasteiger partial charge in [0.05, 0.1) is 26.2 Å². The molecule has 0 bridgehead atoms. The van der Waals surface area contributed by atoms with Crippen LogP contribution in [0.4, 0.5) is 5.69 Å². The van der Waals surface area contributed by atoms with Crippen molar-refractivity contribution in [2.75, 3.05) is 32.1 Å². The fourth-order valence-electron chi connectivity index (χ4n) is 2.65. The first-order valence-corrected chi connectivity index (χ1v) is 7.98. The number of piperazine rings is 1. The molecule has 1 aliphatic rings. The number of benzene rings is 1. The Labute approximate surface area is 142 Å². The maximum atomic E-state index is 12.0. The molecule has 1 heterocycles. The minimum Gasteiger partial charge on any atom is -1.00 e. The Morgan fingerprint density at radius 2 is 2.00 bits per heavy atom. The molecule has 2 rings (SSSR count). The molecule has 0 unspecified atom stereocenters. The summed E-state index contributed by atoms with van der Waals surface area (Å²) in [6, 6.07) is 6.02. The van der Waals surface area contributed by atoms with Gasteiger partial charge in [-0.15, -0.1) is 11.6 Å². The zero-order valence-corrected chi connectivity index (χ0v) is 14.4. The number of alkyl halides is 1. The van der Waals surface area contributed by atoms with Crippen molar-refractivity contribution in [1.82, 2.24) is 4.90 Å². The van der Waals surface area contributed by atoms with Gasteiger partial charge >= 0.3 is 0 Å². The lowest BCUT2D eigenvalue weighted by Crippen LogP contribution is -3.10. The summed E-state index contributed by atoms with van der Waals surface area (Å²) in [7, 11) is 0. The van der Waals surface area contributed by atoms with Crippen molar-refractivity contribution in [2.45, 2.75) is 19.8 Å². The van der Waals surface area contributed by atoms with E-state index in [1.165, 1.54) is 16.2 Å². The standard InChI is InChI=1S/C15H20Cl2N2O.ClH/c1-12-4-5-13(17)11-14(12)18-7-9-19(10-8-18)15(20)3-2-6-16;/h4-5,11H,2-3,6-10H2,1H3;1H. The summed E-state index contributed by atoms with van der Waals surface area (Å²) in [6.45, 7) is 5.60. The minimum atomic E-state index is 0. The number of halogens is 3. The number of aryl methyl sites for hydroxylation is 1. The number of carbonyl (C=O) groups excluding carboxylic acids is 1. The third kappa shape index (κ3) is 5.03. The third-order valence-corrected chi connectivity index (χ3v) is 4.33. The van der Waals surface area contributed by atoms with Gasteiger partial charge in [0.15, 0.2) is 0 Å². The maximum absolute atomic E-state index is 12.0. The first-order valence-electron chi connectivity index (χ1n) is 7.07. The average Bonchev–Trinajstić information content (AvgIpc) is 2.47. The Hall–Kier alpha value is -0.480. The fourth-order valence-corrected chi connectivity index (χ4v) is 2.95. The Balaban J connectivity index is 0.00000220. The molecular weight excluding hydrogens is 331 g/mol. The largest absolute Gasteiger partial charge is 1.00 e. The number of nitrogens with zero attached hydrogens (tertiary/aromatic N) is 1. The van der Waals surface area contributed by atoms with Crippen LogP contribution in [0.1, 0.15) is 18.4 Å². The summed E-state index contributed by atoms with van der Waals surface area (Å²) in [4.78, 5) is 15.3. The lowest BCUT2D eigenvalue weighted by Gasteiger charge is -2.32. The van der Waals surface area contributed by atoms with Gasteiger partial charge in [0.25, 0.3) is 0 Å². The molecule has 6 heteroatoms. The van der Waals surface area contributed by atoms with E-state index in [9.17, 15) is 4.79 Å². The van der Waals surface area contributed by atoms with Crippen LogP contribution in [0.2, 0.25) is 5.02 Å². The van der Waals surface area contributed by atoms with Crippen LogP contribution in [-0.2, 0) is 4.79 Å². The highest BCUT2D eigenvalue weighted by Crippen LogP contribution is 2.17. The zero-order chi connectivity index (χ0) is 14.5. The fraction of sp³-hybridized carbons (Fsp3) is 0.533. The lowest BCUT2D eigenvalue weighted by molar-refractivity contribution is -0.837. The van der Waals surface area contributed by atoms with E-state index in [1.807, 2.05) is 17.0 Å². The van der Waals surface area contributed by atoms with E-state index in [-0.39, 0.29) is 18.3 Å². The second-order valence-electron chi connectivity index (χ2n) is 5.24. The van der Waals surface area contributed by atoms with Gasteiger partial charge in [-0.2, -0.15) is 0 Å². The molecular formula is C15H21Cl3N2O. The third-order valence-electron chi connectivity index (χ3n) is 3.82. The number of nitrogens with one attached hydrogen (secondary N) is 1. The predicted octanol–water partition coefficient (Wildman–Crippen LogP) is -0.970. The van der Waals surface area contributed by atoms with E-state index in [0.29, 0.717) is 12.3 Å². The Morgan fingerprint density at radius 3 is 2.62 bits per heavy atom. The highest BCUT2D eigenvalue weighted by atomic mass is 35.5. The van der Waals surface area contributed by atoms with E-state index in [1.54, 1.807) is 0 Å². The van der Waals surface area contributed by atoms with E-state index >= 15 is 0 Å². The number of hydrogen-bond acceptors (Lipinski definition) is 1. The number of amides is 1. The van der Waals surface area contributed by atoms with Crippen molar-refractivity contribution in [3.8, 4) is 0 Å². The summed E-state index contributed by atoms with van der Waals surface area (Å²) in [6.07, 6.45) is 1.33.